The standard InChI is InChI=1S/C30H39N5O3Si/c1-30(2,3)39(5,6)38-26-17-14-24(18-26)35-27-21(19-31-28(33-27)32-22-10-8-7-9-11-22)20-34(29(35)36)23-12-15-25(37-4)16-13-23/h7-13,15-16,19,24,26H,14,17-18,20H2,1-6H3,(H,31,32,33)/t24-,26+/m1/s1. The molecule has 0 unspecified atom stereocenters. The van der Waals surface area contributed by atoms with E-state index >= 15 is 0 Å². The molecule has 2 aromatic carbocycles. The van der Waals surface area contributed by atoms with Crippen molar-refractivity contribution in [3.63, 3.8) is 0 Å². The highest BCUT2D eigenvalue weighted by Gasteiger charge is 2.44. The summed E-state index contributed by atoms with van der Waals surface area (Å²) in [5, 5.41) is 3.42. The molecule has 1 saturated carbocycles. The van der Waals surface area contributed by atoms with E-state index in [1.165, 1.54) is 0 Å². The number of nitrogens with one attached hydrogen (secondary N) is 1. The van der Waals surface area contributed by atoms with Crippen LogP contribution in [0.1, 0.15) is 45.6 Å². The number of ether oxygens (including phenoxy) is 1. The summed E-state index contributed by atoms with van der Waals surface area (Å²) in [6.45, 7) is 11.8. The highest BCUT2D eigenvalue weighted by molar-refractivity contribution is 6.74. The summed E-state index contributed by atoms with van der Waals surface area (Å²) in [7, 11) is -0.288. The van der Waals surface area contributed by atoms with Gasteiger partial charge in [0.1, 0.15) is 11.6 Å². The Bertz CT molecular complexity index is 1310. The number of methoxy groups -OCH3 is 1. The predicted octanol–water partition coefficient (Wildman–Crippen LogP) is 7.12. The number of anilines is 4. The zero-order valence-electron chi connectivity index (χ0n) is 23.8. The van der Waals surface area contributed by atoms with E-state index in [1.54, 1.807) is 12.0 Å². The van der Waals surface area contributed by atoms with Crippen molar-refractivity contribution in [2.45, 2.75) is 76.9 Å². The van der Waals surface area contributed by atoms with Crippen LogP contribution < -0.4 is 19.9 Å². The molecule has 2 aliphatic rings. The fraction of sp³-hybridized carbons (Fsp3) is 0.433. The average Bonchev–Trinajstić information content (AvgIpc) is 3.35. The molecule has 1 aliphatic heterocycles. The van der Waals surface area contributed by atoms with Crippen LogP contribution in [-0.2, 0) is 11.0 Å². The van der Waals surface area contributed by atoms with E-state index in [0.29, 0.717) is 18.3 Å². The SMILES string of the molecule is COc1ccc(N2Cc3cnc(Nc4ccccc4)nc3N([C@@H]3CC[C@H](O[Si](C)(C)C(C)(C)C)C3)C2=O)cc1. The van der Waals surface area contributed by atoms with Gasteiger partial charge in [-0.3, -0.25) is 9.80 Å². The lowest BCUT2D eigenvalue weighted by molar-refractivity contribution is 0.186. The number of benzene rings is 2. The first kappa shape index (κ1) is 27.1. The van der Waals surface area contributed by atoms with Gasteiger partial charge in [-0.1, -0.05) is 39.0 Å². The van der Waals surface area contributed by atoms with Crippen molar-refractivity contribution in [3.05, 3.63) is 66.4 Å². The first-order valence-electron chi connectivity index (χ1n) is 13.7. The maximum absolute atomic E-state index is 14.2. The minimum Gasteiger partial charge on any atom is -0.497 e. The van der Waals surface area contributed by atoms with Gasteiger partial charge in [0.05, 0.1) is 13.7 Å². The molecule has 3 aromatic rings. The zero-order valence-corrected chi connectivity index (χ0v) is 24.8. The lowest BCUT2D eigenvalue weighted by Crippen LogP contribution is -2.52. The molecule has 0 bridgehead atoms. The van der Waals surface area contributed by atoms with Gasteiger partial charge in [-0.15, -0.1) is 0 Å². The van der Waals surface area contributed by atoms with Crippen molar-refractivity contribution >= 4 is 37.5 Å². The first-order chi connectivity index (χ1) is 18.6. The molecule has 1 aliphatic carbocycles. The second-order valence-corrected chi connectivity index (χ2v) is 16.7. The summed E-state index contributed by atoms with van der Waals surface area (Å²) < 4.78 is 12.1. The van der Waals surface area contributed by atoms with Crippen LogP contribution in [0.2, 0.25) is 18.1 Å². The van der Waals surface area contributed by atoms with Gasteiger partial charge in [0, 0.05) is 35.3 Å². The van der Waals surface area contributed by atoms with E-state index in [4.69, 9.17) is 14.1 Å². The van der Waals surface area contributed by atoms with Crippen molar-refractivity contribution < 1.29 is 14.0 Å². The third-order valence-electron chi connectivity index (χ3n) is 8.24. The van der Waals surface area contributed by atoms with Crippen LogP contribution in [0.3, 0.4) is 0 Å². The Kier molecular flexibility index (Phi) is 7.39. The molecule has 2 heterocycles. The maximum Gasteiger partial charge on any atom is 0.330 e. The van der Waals surface area contributed by atoms with Crippen LogP contribution in [0.4, 0.5) is 27.9 Å². The Morgan fingerprint density at radius 2 is 1.74 bits per heavy atom. The summed E-state index contributed by atoms with van der Waals surface area (Å²) in [5.74, 6) is 1.90. The Hall–Kier alpha value is -3.43. The van der Waals surface area contributed by atoms with Crippen molar-refractivity contribution in [1.29, 1.82) is 0 Å². The van der Waals surface area contributed by atoms with Crippen molar-refractivity contribution in [3.8, 4) is 5.75 Å². The molecule has 206 valence electrons. The Morgan fingerprint density at radius 1 is 1.03 bits per heavy atom. The predicted molar refractivity (Wildman–Crippen MR) is 159 cm³/mol. The molecule has 0 radical (unpaired) electrons. The number of aromatic nitrogens is 2. The number of rotatable bonds is 7. The highest BCUT2D eigenvalue weighted by atomic mass is 28.4. The van der Waals surface area contributed by atoms with E-state index < -0.39 is 8.32 Å². The van der Waals surface area contributed by atoms with Crippen LogP contribution in [0, 0.1) is 0 Å². The van der Waals surface area contributed by atoms with Crippen LogP contribution in [0.15, 0.2) is 60.8 Å². The monoisotopic (exact) mass is 545 g/mol. The lowest BCUT2D eigenvalue weighted by atomic mass is 10.1. The topological polar surface area (TPSA) is 79.8 Å². The quantitative estimate of drug-likeness (QED) is 0.319. The minimum absolute atomic E-state index is 0.00783. The molecule has 8 nitrogen and oxygen atoms in total. The van der Waals surface area contributed by atoms with Gasteiger partial charge in [-0.25, -0.2) is 9.78 Å². The number of carbonyl (C=O) groups is 1. The summed E-state index contributed by atoms with van der Waals surface area (Å²) >= 11 is 0. The maximum atomic E-state index is 14.2. The van der Waals surface area contributed by atoms with Gasteiger partial charge in [0.25, 0.3) is 0 Å². The molecule has 1 fully saturated rings. The Morgan fingerprint density at radius 3 is 2.41 bits per heavy atom. The minimum atomic E-state index is -1.93. The molecule has 2 amide bonds. The summed E-state index contributed by atoms with van der Waals surface area (Å²) in [5.41, 5.74) is 2.63. The molecule has 9 heteroatoms. The van der Waals surface area contributed by atoms with E-state index in [1.807, 2.05) is 65.7 Å². The van der Waals surface area contributed by atoms with Gasteiger partial charge < -0.3 is 14.5 Å². The lowest BCUT2D eigenvalue weighted by Gasteiger charge is -2.40. The van der Waals surface area contributed by atoms with Crippen LogP contribution >= 0.6 is 0 Å². The fourth-order valence-corrected chi connectivity index (χ4v) is 6.43. The van der Waals surface area contributed by atoms with Crippen LogP contribution in [-0.4, -0.2) is 43.6 Å². The Balaban J connectivity index is 1.46. The van der Waals surface area contributed by atoms with Crippen molar-refractivity contribution in [2.24, 2.45) is 0 Å². The van der Waals surface area contributed by atoms with Gasteiger partial charge in [0.15, 0.2) is 8.32 Å². The number of amides is 2. The molecule has 5 rings (SSSR count). The smallest absolute Gasteiger partial charge is 0.330 e. The van der Waals surface area contributed by atoms with Gasteiger partial charge >= 0.3 is 6.03 Å². The van der Waals surface area contributed by atoms with E-state index in [2.05, 4.69) is 44.2 Å². The third-order valence-corrected chi connectivity index (χ3v) is 12.8. The Labute approximate surface area is 232 Å². The normalized spacial score (nSPS) is 19.7. The summed E-state index contributed by atoms with van der Waals surface area (Å²) in [6, 6.07) is 17.3. The van der Waals surface area contributed by atoms with Crippen LogP contribution in [0.5, 0.6) is 5.75 Å². The number of urea groups is 1. The van der Waals surface area contributed by atoms with E-state index in [9.17, 15) is 4.79 Å². The number of fused-ring (bicyclic) bond motifs is 1. The fourth-order valence-electron chi connectivity index (χ4n) is 5.03. The van der Waals surface area contributed by atoms with E-state index in [-0.39, 0.29) is 23.2 Å². The van der Waals surface area contributed by atoms with Gasteiger partial charge in [-0.05, 0) is 73.8 Å². The zero-order chi connectivity index (χ0) is 27.8. The number of nitrogens with zero attached hydrogens (tertiary/aromatic N) is 4. The molecule has 39 heavy (non-hydrogen) atoms. The molecule has 1 N–H and O–H groups in total. The van der Waals surface area contributed by atoms with Gasteiger partial charge in [0.2, 0.25) is 5.95 Å². The molecule has 0 spiro atoms. The third kappa shape index (κ3) is 5.65. The number of para-hydroxylation sites is 1. The largest absolute Gasteiger partial charge is 0.497 e. The average molecular weight is 546 g/mol. The van der Waals surface area contributed by atoms with Crippen molar-refractivity contribution in [1.82, 2.24) is 9.97 Å². The summed E-state index contributed by atoms with van der Waals surface area (Å²) in [4.78, 5) is 27.3. The number of carbonyl (C=O) groups excluding carboxylic acids is 1. The highest BCUT2D eigenvalue weighted by Crippen LogP contribution is 2.42. The van der Waals surface area contributed by atoms with E-state index in [0.717, 1.165) is 42.0 Å². The number of hydrogen-bond acceptors (Lipinski definition) is 6. The first-order valence-corrected chi connectivity index (χ1v) is 16.6. The molecule has 1 aromatic heterocycles. The van der Waals surface area contributed by atoms with Crippen molar-refractivity contribution in [2.75, 3.05) is 22.2 Å². The van der Waals surface area contributed by atoms with Crippen LogP contribution in [0.25, 0.3) is 0 Å². The molecular formula is C30H39N5O3Si. The molecular weight excluding hydrogens is 506 g/mol. The summed E-state index contributed by atoms with van der Waals surface area (Å²) in [6.07, 6.45) is 4.56. The molecule has 2 atom stereocenters. The van der Waals surface area contributed by atoms with Gasteiger partial charge in [-0.2, -0.15) is 4.98 Å². The second kappa shape index (κ2) is 10.6. The number of hydrogen-bond donors (Lipinski definition) is 1. The molecule has 0 saturated heterocycles. The second-order valence-electron chi connectivity index (χ2n) is 11.9.